The standard InChI is InChI=1S/C62H69N3O/c1-37(2)44-33-52(38(3)4)58(66)53(34-44)59-64-57-51(46-28-47(32-48(31-46)60(7,8)9)54-35-43(25-26-63-54)41-21-19-39(5)20-22-41)17-16-18-56(57)65(59)55-24-23-42(27-40(55)6)45-29-49(61(10,11)12)36-50(30-45)62(13,14)15/h16-38,66H,1-15H3/i5D3,6D3,19D,20D,21D. The van der Waals surface area contributed by atoms with Crippen LogP contribution < -0.4 is 0 Å². The first kappa shape index (κ1) is 35.9. The zero-order valence-electron chi connectivity index (χ0n) is 49.8. The molecule has 0 radical (unpaired) electrons. The fraction of sp³-hybridized carbons (Fsp3) is 0.323. The van der Waals surface area contributed by atoms with Gasteiger partial charge in [0, 0.05) is 25.5 Å². The van der Waals surface area contributed by atoms with Crippen molar-refractivity contribution in [3.05, 3.63) is 166 Å². The number of aromatic nitrogens is 3. The topological polar surface area (TPSA) is 50.9 Å². The lowest BCUT2D eigenvalue weighted by molar-refractivity contribution is 0.466. The van der Waals surface area contributed by atoms with Gasteiger partial charge in [-0.05, 0) is 152 Å². The van der Waals surface area contributed by atoms with Gasteiger partial charge in [-0.2, -0.15) is 0 Å². The number of phenols is 1. The molecular weight excluding hydrogens is 803 g/mol. The van der Waals surface area contributed by atoms with Crippen molar-refractivity contribution >= 4 is 11.0 Å². The average molecular weight is 881 g/mol. The zero-order valence-corrected chi connectivity index (χ0v) is 40.8. The van der Waals surface area contributed by atoms with Crippen LogP contribution in [0, 0.1) is 13.7 Å². The summed E-state index contributed by atoms with van der Waals surface area (Å²) in [5.74, 6) is 0.534. The summed E-state index contributed by atoms with van der Waals surface area (Å²) in [5.41, 5.74) is 11.5. The van der Waals surface area contributed by atoms with Crippen molar-refractivity contribution in [1.29, 1.82) is 0 Å². The van der Waals surface area contributed by atoms with Gasteiger partial charge in [0.1, 0.15) is 11.6 Å². The van der Waals surface area contributed by atoms with Crippen LogP contribution in [0.2, 0.25) is 0 Å². The number of rotatable bonds is 8. The highest BCUT2D eigenvalue weighted by Crippen LogP contribution is 2.44. The molecule has 1 N–H and O–H groups in total. The van der Waals surface area contributed by atoms with E-state index in [0.717, 1.165) is 55.6 Å². The van der Waals surface area contributed by atoms with E-state index < -0.39 is 25.3 Å². The van der Waals surface area contributed by atoms with Crippen molar-refractivity contribution in [2.24, 2.45) is 0 Å². The molecule has 0 aliphatic rings. The second-order valence-electron chi connectivity index (χ2n) is 21.6. The lowest BCUT2D eigenvalue weighted by Crippen LogP contribution is -2.16. The number of para-hydroxylation sites is 1. The summed E-state index contributed by atoms with van der Waals surface area (Å²) in [4.78, 5) is 10.3. The maximum absolute atomic E-state index is 12.4. The molecule has 66 heavy (non-hydrogen) atoms. The first-order valence-corrected chi connectivity index (χ1v) is 23.1. The molecule has 0 amide bonds. The van der Waals surface area contributed by atoms with Gasteiger partial charge < -0.3 is 5.11 Å². The average Bonchev–Trinajstić information content (AvgIpc) is 3.70. The van der Waals surface area contributed by atoms with Crippen LogP contribution in [-0.2, 0) is 16.2 Å². The van der Waals surface area contributed by atoms with Gasteiger partial charge in [-0.25, -0.2) is 4.98 Å². The van der Waals surface area contributed by atoms with Crippen molar-refractivity contribution in [1.82, 2.24) is 14.5 Å². The number of hydrogen-bond donors (Lipinski definition) is 1. The molecule has 6 aromatic carbocycles. The summed E-state index contributed by atoms with van der Waals surface area (Å²) < 4.78 is 79.1. The third-order valence-corrected chi connectivity index (χ3v) is 12.8. The summed E-state index contributed by atoms with van der Waals surface area (Å²) >= 11 is 0. The molecule has 0 saturated heterocycles. The summed E-state index contributed by atoms with van der Waals surface area (Å²) in [6, 6.07) is 32.1. The largest absolute Gasteiger partial charge is 0.507 e. The van der Waals surface area contributed by atoms with Crippen LogP contribution >= 0.6 is 0 Å². The Hall–Kier alpha value is -6.26. The highest BCUT2D eigenvalue weighted by molar-refractivity contribution is 5.97. The van der Waals surface area contributed by atoms with E-state index in [1.807, 2.05) is 66.9 Å². The van der Waals surface area contributed by atoms with Gasteiger partial charge in [-0.3, -0.25) is 9.55 Å². The minimum absolute atomic E-state index is 0.0371. The van der Waals surface area contributed by atoms with E-state index >= 15 is 0 Å². The molecule has 0 atom stereocenters. The van der Waals surface area contributed by atoms with Crippen LogP contribution in [0.4, 0.5) is 0 Å². The first-order valence-electron chi connectivity index (χ1n) is 27.6. The monoisotopic (exact) mass is 881 g/mol. The van der Waals surface area contributed by atoms with Crippen LogP contribution in [0.1, 0.15) is 153 Å². The number of hydrogen-bond acceptors (Lipinski definition) is 3. The van der Waals surface area contributed by atoms with E-state index in [1.54, 1.807) is 24.4 Å². The predicted octanol–water partition coefficient (Wildman–Crippen LogP) is 17.2. The second-order valence-corrected chi connectivity index (χ2v) is 21.6. The Kier molecular flexibility index (Phi) is 9.36. The van der Waals surface area contributed by atoms with E-state index in [0.29, 0.717) is 39.4 Å². The number of imidazole rings is 1. The van der Waals surface area contributed by atoms with Crippen molar-refractivity contribution in [2.75, 3.05) is 0 Å². The summed E-state index contributed by atoms with van der Waals surface area (Å²) in [5, 5.41) is 12.4. The number of fused-ring (bicyclic) bond motifs is 1. The molecule has 0 bridgehead atoms. The molecule has 0 aliphatic carbocycles. The molecule has 4 nitrogen and oxygen atoms in total. The molecule has 0 aliphatic heterocycles. The van der Waals surface area contributed by atoms with Crippen LogP contribution in [0.3, 0.4) is 0 Å². The van der Waals surface area contributed by atoms with Gasteiger partial charge in [-0.1, -0.05) is 168 Å². The van der Waals surface area contributed by atoms with E-state index in [4.69, 9.17) is 22.3 Å². The van der Waals surface area contributed by atoms with Crippen LogP contribution in [0.5, 0.6) is 5.75 Å². The highest BCUT2D eigenvalue weighted by Gasteiger charge is 2.26. The van der Waals surface area contributed by atoms with Gasteiger partial charge >= 0.3 is 0 Å². The lowest BCUT2D eigenvalue weighted by Gasteiger charge is -2.26. The quantitative estimate of drug-likeness (QED) is 0.165. The van der Waals surface area contributed by atoms with Gasteiger partial charge in [0.05, 0.1) is 32.1 Å². The molecule has 2 heterocycles. The zero-order chi connectivity index (χ0) is 55.2. The second kappa shape index (κ2) is 17.2. The number of benzene rings is 6. The normalized spacial score (nSPS) is 14.9. The van der Waals surface area contributed by atoms with Gasteiger partial charge in [-0.15, -0.1) is 0 Å². The predicted molar refractivity (Wildman–Crippen MR) is 281 cm³/mol. The number of phenolic OH excluding ortho intramolecular Hbond substituents is 1. The van der Waals surface area contributed by atoms with E-state index in [9.17, 15) is 5.11 Å². The molecule has 8 aromatic rings. The Bertz CT molecular complexity index is 3490. The summed E-state index contributed by atoms with van der Waals surface area (Å²) in [6.45, 7) is 22.5. The number of aryl methyl sites for hydroxylation is 1. The Morgan fingerprint density at radius 1 is 0.576 bits per heavy atom. The molecule has 4 heteroatoms. The molecule has 0 spiro atoms. The fourth-order valence-corrected chi connectivity index (χ4v) is 8.57. The van der Waals surface area contributed by atoms with E-state index in [2.05, 4.69) is 106 Å². The van der Waals surface area contributed by atoms with E-state index in [-0.39, 0.29) is 57.0 Å². The van der Waals surface area contributed by atoms with Crippen molar-refractivity contribution < 1.29 is 17.4 Å². The smallest absolute Gasteiger partial charge is 0.149 e. The van der Waals surface area contributed by atoms with Gasteiger partial charge in [0.25, 0.3) is 0 Å². The lowest BCUT2D eigenvalue weighted by atomic mass is 9.79. The van der Waals surface area contributed by atoms with Gasteiger partial charge in [0.2, 0.25) is 0 Å². The van der Waals surface area contributed by atoms with Crippen molar-refractivity contribution in [2.45, 2.75) is 132 Å². The summed E-state index contributed by atoms with van der Waals surface area (Å²) in [6.07, 6.45) is 1.61. The Morgan fingerprint density at radius 3 is 1.89 bits per heavy atom. The van der Waals surface area contributed by atoms with Crippen molar-refractivity contribution in [3.8, 4) is 67.5 Å². The number of aromatic hydroxyl groups is 1. The molecule has 0 unspecified atom stereocenters. The minimum Gasteiger partial charge on any atom is -0.507 e. The molecule has 0 saturated carbocycles. The Morgan fingerprint density at radius 2 is 1.24 bits per heavy atom. The third-order valence-electron chi connectivity index (χ3n) is 12.8. The SMILES string of the molecule is [2H]c1cc(-c2ccnc(-c3cc(-c4cccc5c4nc(-c4cc(C(C)C)cc(C(C)C)c4O)n5-c4ccc(-c5cc(C(C)(C)C)cc(C(C)(C)C)c5)cc4C([2H])([2H])[2H])cc(C(C)(C)C)c3)c2)c([2H])c([2H])c1C([2H])([2H])[2H]. The Balaban J connectivity index is 1.42. The third kappa shape index (κ3) is 9.12. The van der Waals surface area contributed by atoms with Crippen LogP contribution in [0.15, 0.2) is 127 Å². The Labute approximate surface area is 407 Å². The molecule has 0 fully saturated rings. The number of nitrogens with zero attached hydrogens (tertiary/aromatic N) is 3. The number of pyridine rings is 1. The molecule has 338 valence electrons. The summed E-state index contributed by atoms with van der Waals surface area (Å²) in [7, 11) is 0. The van der Waals surface area contributed by atoms with Crippen LogP contribution in [-0.4, -0.2) is 19.6 Å². The van der Waals surface area contributed by atoms with Crippen molar-refractivity contribution in [3.63, 3.8) is 0 Å². The molecule has 8 rings (SSSR count). The van der Waals surface area contributed by atoms with Gasteiger partial charge in [0.15, 0.2) is 0 Å². The maximum Gasteiger partial charge on any atom is 0.149 e. The maximum atomic E-state index is 12.4. The van der Waals surface area contributed by atoms with Crippen LogP contribution in [0.25, 0.3) is 72.7 Å². The van der Waals surface area contributed by atoms with E-state index in [1.165, 1.54) is 6.07 Å². The highest BCUT2D eigenvalue weighted by atomic mass is 16.3. The molecule has 2 aromatic heterocycles. The minimum atomic E-state index is -2.72. The first-order chi connectivity index (χ1) is 34.6. The molecular formula is C62H69N3O. The fourth-order valence-electron chi connectivity index (χ4n) is 8.57.